The molecule has 1 amide bonds. The Bertz CT molecular complexity index is 1460. The predicted molar refractivity (Wildman–Crippen MR) is 132 cm³/mol. The number of aromatic nitrogens is 3. The van der Waals surface area contributed by atoms with E-state index in [1.165, 1.54) is 10.8 Å². The topological polar surface area (TPSA) is 104 Å². The third-order valence-electron chi connectivity index (χ3n) is 5.69. The summed E-state index contributed by atoms with van der Waals surface area (Å²) in [5, 5.41) is 2.82. The van der Waals surface area contributed by atoms with Crippen LogP contribution in [0.5, 0.6) is 11.5 Å². The quantitative estimate of drug-likeness (QED) is 0.399. The number of pyridine rings is 1. The Hall–Kier alpha value is -4.40. The molecule has 2 heterocycles. The number of nitrogens with zero attached hydrogens (tertiary/aromatic N) is 3. The first-order chi connectivity index (χ1) is 17.0. The zero-order chi connectivity index (χ0) is 24.8. The van der Waals surface area contributed by atoms with E-state index in [0.717, 1.165) is 15.7 Å². The molecule has 0 spiro atoms. The van der Waals surface area contributed by atoms with Gasteiger partial charge in [-0.25, -0.2) is 9.78 Å². The molecule has 0 aliphatic heterocycles. The van der Waals surface area contributed by atoms with Gasteiger partial charge in [0.05, 0.1) is 19.7 Å². The molecular weight excluding hydrogens is 448 g/mol. The molecule has 0 unspecified atom stereocenters. The SMILES string of the molecule is COc1ccc(CCn2c(=O)c3ncccc3n(CC(=O)NCc3ccccc3)c2=O)cc1OC. The van der Waals surface area contributed by atoms with Crippen LogP contribution in [0.25, 0.3) is 11.0 Å². The molecule has 9 nitrogen and oxygen atoms in total. The van der Waals surface area contributed by atoms with Gasteiger partial charge in [0.1, 0.15) is 6.54 Å². The molecule has 0 bridgehead atoms. The van der Waals surface area contributed by atoms with Crippen molar-refractivity contribution in [1.29, 1.82) is 0 Å². The summed E-state index contributed by atoms with van der Waals surface area (Å²) in [6, 6.07) is 18.2. The van der Waals surface area contributed by atoms with Crippen molar-refractivity contribution in [3.8, 4) is 11.5 Å². The van der Waals surface area contributed by atoms with Crippen LogP contribution in [0.15, 0.2) is 76.4 Å². The Kier molecular flexibility index (Phi) is 7.25. The lowest BCUT2D eigenvalue weighted by Crippen LogP contribution is -2.43. The molecule has 0 saturated heterocycles. The molecule has 2 aromatic carbocycles. The van der Waals surface area contributed by atoms with Crippen molar-refractivity contribution in [2.24, 2.45) is 0 Å². The minimum absolute atomic E-state index is 0.116. The molecule has 0 saturated carbocycles. The van der Waals surface area contributed by atoms with Crippen molar-refractivity contribution in [3.05, 3.63) is 98.8 Å². The van der Waals surface area contributed by atoms with E-state index in [0.29, 0.717) is 30.0 Å². The molecule has 0 aliphatic carbocycles. The lowest BCUT2D eigenvalue weighted by atomic mass is 10.1. The molecule has 9 heteroatoms. The van der Waals surface area contributed by atoms with Crippen molar-refractivity contribution in [2.45, 2.75) is 26.1 Å². The van der Waals surface area contributed by atoms with Gasteiger partial charge in [0.2, 0.25) is 5.91 Å². The van der Waals surface area contributed by atoms with Gasteiger partial charge in [-0.2, -0.15) is 0 Å². The summed E-state index contributed by atoms with van der Waals surface area (Å²) in [5.74, 6) is 0.809. The first-order valence-corrected chi connectivity index (χ1v) is 11.1. The third-order valence-corrected chi connectivity index (χ3v) is 5.69. The molecule has 0 fully saturated rings. The van der Waals surface area contributed by atoms with Crippen LogP contribution in [0.2, 0.25) is 0 Å². The zero-order valence-electron chi connectivity index (χ0n) is 19.6. The van der Waals surface area contributed by atoms with Crippen molar-refractivity contribution < 1.29 is 14.3 Å². The maximum Gasteiger partial charge on any atom is 0.332 e. The number of nitrogens with one attached hydrogen (secondary N) is 1. The predicted octanol–water partition coefficient (Wildman–Crippen LogP) is 2.13. The second-order valence-corrected chi connectivity index (χ2v) is 7.90. The van der Waals surface area contributed by atoms with Crippen LogP contribution >= 0.6 is 0 Å². The van der Waals surface area contributed by atoms with Crippen molar-refractivity contribution in [3.63, 3.8) is 0 Å². The van der Waals surface area contributed by atoms with Crippen LogP contribution in [0, 0.1) is 0 Å². The average Bonchev–Trinajstić information content (AvgIpc) is 2.90. The smallest absolute Gasteiger partial charge is 0.332 e. The van der Waals surface area contributed by atoms with Crippen molar-refractivity contribution in [2.75, 3.05) is 14.2 Å². The van der Waals surface area contributed by atoms with Crippen molar-refractivity contribution in [1.82, 2.24) is 19.4 Å². The molecule has 1 N–H and O–H groups in total. The second-order valence-electron chi connectivity index (χ2n) is 7.90. The third kappa shape index (κ3) is 5.24. The number of carbonyl (C=O) groups excluding carboxylic acids is 1. The number of hydrogen-bond donors (Lipinski definition) is 1. The second kappa shape index (κ2) is 10.7. The number of amides is 1. The molecule has 4 aromatic rings. The van der Waals surface area contributed by atoms with E-state index in [-0.39, 0.29) is 24.5 Å². The highest BCUT2D eigenvalue weighted by molar-refractivity contribution is 5.79. The van der Waals surface area contributed by atoms with E-state index >= 15 is 0 Å². The number of ether oxygens (including phenoxy) is 2. The number of methoxy groups -OCH3 is 2. The minimum Gasteiger partial charge on any atom is -0.493 e. The first-order valence-electron chi connectivity index (χ1n) is 11.1. The summed E-state index contributed by atoms with van der Waals surface area (Å²) < 4.78 is 13.0. The van der Waals surface area contributed by atoms with Crippen LogP contribution < -0.4 is 26.0 Å². The van der Waals surface area contributed by atoms with Gasteiger partial charge in [-0.15, -0.1) is 0 Å². The molecule has 0 aliphatic rings. The van der Waals surface area contributed by atoms with E-state index in [9.17, 15) is 14.4 Å². The lowest BCUT2D eigenvalue weighted by Gasteiger charge is -2.14. The van der Waals surface area contributed by atoms with Crippen LogP contribution in [0.4, 0.5) is 0 Å². The fourth-order valence-corrected chi connectivity index (χ4v) is 3.87. The molecule has 2 aromatic heterocycles. The van der Waals surface area contributed by atoms with Crippen LogP contribution in [-0.2, 0) is 30.8 Å². The molecular formula is C26H26N4O5. The molecule has 180 valence electrons. The largest absolute Gasteiger partial charge is 0.493 e. The van der Waals surface area contributed by atoms with Gasteiger partial charge in [0, 0.05) is 19.3 Å². The van der Waals surface area contributed by atoms with Gasteiger partial charge in [-0.3, -0.25) is 18.7 Å². The van der Waals surface area contributed by atoms with E-state index < -0.39 is 11.2 Å². The van der Waals surface area contributed by atoms with Gasteiger partial charge in [-0.05, 0) is 41.8 Å². The first kappa shape index (κ1) is 23.7. The normalized spacial score (nSPS) is 10.8. The highest BCUT2D eigenvalue weighted by atomic mass is 16.5. The maximum absolute atomic E-state index is 13.3. The Labute approximate surface area is 201 Å². The number of rotatable bonds is 9. The summed E-state index contributed by atoms with van der Waals surface area (Å²) in [5.41, 5.74) is 1.20. The Morgan fingerprint density at radius 3 is 2.43 bits per heavy atom. The highest BCUT2D eigenvalue weighted by Gasteiger charge is 2.16. The van der Waals surface area contributed by atoms with Crippen LogP contribution in [-0.4, -0.2) is 34.2 Å². The van der Waals surface area contributed by atoms with Gasteiger partial charge >= 0.3 is 5.69 Å². The number of fused-ring (bicyclic) bond motifs is 1. The average molecular weight is 475 g/mol. The van der Waals surface area contributed by atoms with E-state index in [4.69, 9.17) is 9.47 Å². The fourth-order valence-electron chi connectivity index (χ4n) is 3.87. The Morgan fingerprint density at radius 2 is 1.69 bits per heavy atom. The monoisotopic (exact) mass is 474 g/mol. The molecule has 0 radical (unpaired) electrons. The van der Waals surface area contributed by atoms with Gasteiger partial charge in [0.25, 0.3) is 5.56 Å². The number of benzene rings is 2. The van der Waals surface area contributed by atoms with E-state index in [2.05, 4.69) is 10.3 Å². The molecule has 0 atom stereocenters. The van der Waals surface area contributed by atoms with E-state index in [1.54, 1.807) is 38.5 Å². The number of aryl methyl sites for hydroxylation is 1. The van der Waals surface area contributed by atoms with Gasteiger partial charge in [-0.1, -0.05) is 36.4 Å². The number of hydrogen-bond acceptors (Lipinski definition) is 6. The molecule has 4 rings (SSSR count). The number of carbonyl (C=O) groups is 1. The summed E-state index contributed by atoms with van der Waals surface area (Å²) in [4.78, 5) is 43.3. The van der Waals surface area contributed by atoms with Crippen molar-refractivity contribution >= 4 is 16.9 Å². The van der Waals surface area contributed by atoms with Crippen LogP contribution in [0.3, 0.4) is 0 Å². The standard InChI is InChI=1S/C26H26N4O5/c1-34-21-11-10-18(15-22(21)35-2)12-14-29-25(32)24-20(9-6-13-27-24)30(26(29)33)17-23(31)28-16-19-7-4-3-5-8-19/h3-11,13,15H,12,14,16-17H2,1-2H3,(H,28,31). The van der Waals surface area contributed by atoms with Crippen LogP contribution in [0.1, 0.15) is 11.1 Å². The highest BCUT2D eigenvalue weighted by Crippen LogP contribution is 2.27. The van der Waals surface area contributed by atoms with Gasteiger partial charge in [0.15, 0.2) is 17.0 Å². The molecule has 35 heavy (non-hydrogen) atoms. The zero-order valence-corrected chi connectivity index (χ0v) is 19.6. The summed E-state index contributed by atoms with van der Waals surface area (Å²) in [7, 11) is 3.10. The summed E-state index contributed by atoms with van der Waals surface area (Å²) in [6.45, 7) is 0.222. The minimum atomic E-state index is -0.564. The Morgan fingerprint density at radius 1 is 0.914 bits per heavy atom. The fraction of sp³-hybridized carbons (Fsp3) is 0.231. The summed E-state index contributed by atoms with van der Waals surface area (Å²) >= 11 is 0. The Balaban J connectivity index is 1.62. The summed E-state index contributed by atoms with van der Waals surface area (Å²) in [6.07, 6.45) is 1.89. The van der Waals surface area contributed by atoms with Gasteiger partial charge < -0.3 is 14.8 Å². The maximum atomic E-state index is 13.3. The van der Waals surface area contributed by atoms with E-state index in [1.807, 2.05) is 36.4 Å². The lowest BCUT2D eigenvalue weighted by molar-refractivity contribution is -0.121.